The zero-order chi connectivity index (χ0) is 16.7. The number of methoxy groups -OCH3 is 2. The lowest BCUT2D eigenvalue weighted by Crippen LogP contribution is -2.41. The number of nitrogens with one attached hydrogen (secondary N) is 1. The van der Waals surface area contributed by atoms with E-state index in [-0.39, 0.29) is 30.2 Å². The van der Waals surface area contributed by atoms with Gasteiger partial charge in [-0.25, -0.2) is 4.39 Å². The molecule has 23 heavy (non-hydrogen) atoms. The zero-order valence-electron chi connectivity index (χ0n) is 13.8. The van der Waals surface area contributed by atoms with Gasteiger partial charge in [0, 0.05) is 46.3 Å². The Morgan fingerprint density at radius 1 is 1.26 bits per heavy atom. The van der Waals surface area contributed by atoms with Crippen LogP contribution in [0.5, 0.6) is 0 Å². The fourth-order valence-corrected chi connectivity index (χ4v) is 3.04. The van der Waals surface area contributed by atoms with E-state index in [2.05, 4.69) is 5.32 Å². The molecule has 1 aliphatic heterocycles. The molecule has 0 aromatic heterocycles. The highest BCUT2D eigenvalue weighted by atomic mass is 19.1. The molecule has 2 rings (SSSR count). The minimum absolute atomic E-state index is 0.0330. The number of benzene rings is 1. The average molecular weight is 324 g/mol. The molecular weight excluding hydrogens is 299 g/mol. The van der Waals surface area contributed by atoms with Crippen LogP contribution in [-0.4, -0.2) is 64.4 Å². The summed E-state index contributed by atoms with van der Waals surface area (Å²) < 4.78 is 23.2. The Bertz CT molecular complexity index is 495. The maximum absolute atomic E-state index is 13.1. The molecular formula is C17H25FN2O3. The maximum atomic E-state index is 13.1. The fraction of sp³-hybridized carbons (Fsp3) is 0.588. The van der Waals surface area contributed by atoms with Gasteiger partial charge in [-0.15, -0.1) is 0 Å². The van der Waals surface area contributed by atoms with E-state index >= 15 is 0 Å². The van der Waals surface area contributed by atoms with Crippen molar-refractivity contribution >= 4 is 5.91 Å². The van der Waals surface area contributed by atoms with Gasteiger partial charge in [0.05, 0.1) is 6.61 Å². The van der Waals surface area contributed by atoms with Gasteiger partial charge in [-0.2, -0.15) is 0 Å². The van der Waals surface area contributed by atoms with Gasteiger partial charge in [-0.05, 0) is 23.6 Å². The van der Waals surface area contributed by atoms with Crippen molar-refractivity contribution < 1.29 is 18.7 Å². The molecule has 0 saturated carbocycles. The second-order valence-electron chi connectivity index (χ2n) is 5.84. The Morgan fingerprint density at radius 3 is 2.65 bits per heavy atom. The first kappa shape index (κ1) is 17.8. The topological polar surface area (TPSA) is 50.8 Å². The largest absolute Gasteiger partial charge is 0.383 e. The average Bonchev–Trinajstić information content (AvgIpc) is 3.00. The second-order valence-corrected chi connectivity index (χ2v) is 5.84. The predicted octanol–water partition coefficient (Wildman–Crippen LogP) is 1.25. The Kier molecular flexibility index (Phi) is 6.95. The first-order valence-corrected chi connectivity index (χ1v) is 7.87. The molecule has 1 heterocycles. The Hall–Kier alpha value is -1.50. The third kappa shape index (κ3) is 4.99. The second kappa shape index (κ2) is 8.96. The summed E-state index contributed by atoms with van der Waals surface area (Å²) in [4.78, 5) is 14.0. The molecule has 0 spiro atoms. The highest BCUT2D eigenvalue weighted by Crippen LogP contribution is 2.29. The predicted molar refractivity (Wildman–Crippen MR) is 85.8 cm³/mol. The molecule has 6 heteroatoms. The molecule has 1 aromatic carbocycles. The molecule has 1 aromatic rings. The number of hydrogen-bond donors (Lipinski definition) is 1. The summed E-state index contributed by atoms with van der Waals surface area (Å²) in [5, 5.41) is 3.37. The van der Waals surface area contributed by atoms with E-state index in [1.54, 1.807) is 12.0 Å². The van der Waals surface area contributed by atoms with Crippen molar-refractivity contribution in [1.29, 1.82) is 0 Å². The standard InChI is InChI=1S/C17H25FN2O3/c1-22-8-7-20(17(21)12-23-2)11-14-9-19-10-16(14)13-3-5-15(18)6-4-13/h3-6,14,16,19H,7-12H2,1-2H3. The number of carbonyl (C=O) groups excluding carboxylic acids is 1. The summed E-state index contributed by atoms with van der Waals surface area (Å²) in [6.07, 6.45) is 0. The Balaban J connectivity index is 2.04. The van der Waals surface area contributed by atoms with E-state index in [0.717, 1.165) is 18.7 Å². The highest BCUT2D eigenvalue weighted by Gasteiger charge is 2.31. The number of ether oxygens (including phenoxy) is 2. The lowest BCUT2D eigenvalue weighted by atomic mass is 9.88. The number of carbonyl (C=O) groups is 1. The van der Waals surface area contributed by atoms with Crippen LogP contribution in [0, 0.1) is 11.7 Å². The summed E-state index contributed by atoms with van der Waals surface area (Å²) in [5.41, 5.74) is 1.10. The van der Waals surface area contributed by atoms with Crippen LogP contribution in [0.25, 0.3) is 0 Å². The van der Waals surface area contributed by atoms with Crippen LogP contribution in [0.4, 0.5) is 4.39 Å². The van der Waals surface area contributed by atoms with E-state index in [4.69, 9.17) is 9.47 Å². The van der Waals surface area contributed by atoms with Gasteiger partial charge in [0.1, 0.15) is 12.4 Å². The van der Waals surface area contributed by atoms with Crippen LogP contribution in [0.2, 0.25) is 0 Å². The highest BCUT2D eigenvalue weighted by molar-refractivity contribution is 5.77. The lowest BCUT2D eigenvalue weighted by molar-refractivity contribution is -0.136. The normalized spacial score (nSPS) is 20.7. The molecule has 1 saturated heterocycles. The Morgan fingerprint density at radius 2 is 2.00 bits per heavy atom. The molecule has 0 aliphatic carbocycles. The molecule has 0 bridgehead atoms. The molecule has 1 N–H and O–H groups in total. The van der Waals surface area contributed by atoms with Crippen LogP contribution in [0.1, 0.15) is 11.5 Å². The van der Waals surface area contributed by atoms with Gasteiger partial charge in [-0.1, -0.05) is 12.1 Å². The quantitative estimate of drug-likeness (QED) is 0.782. The fourth-order valence-electron chi connectivity index (χ4n) is 3.04. The van der Waals surface area contributed by atoms with Crippen molar-refractivity contribution in [3.8, 4) is 0 Å². The maximum Gasteiger partial charge on any atom is 0.248 e. The Labute approximate surface area is 136 Å². The summed E-state index contributed by atoms with van der Waals surface area (Å²) in [7, 11) is 3.14. The van der Waals surface area contributed by atoms with Gasteiger partial charge in [0.25, 0.3) is 0 Å². The third-order valence-corrected chi connectivity index (χ3v) is 4.28. The summed E-state index contributed by atoms with van der Waals surface area (Å²) >= 11 is 0. The van der Waals surface area contributed by atoms with Crippen molar-refractivity contribution in [2.75, 3.05) is 53.6 Å². The number of halogens is 1. The molecule has 1 amide bonds. The molecule has 2 atom stereocenters. The van der Waals surface area contributed by atoms with Crippen LogP contribution in [-0.2, 0) is 14.3 Å². The van der Waals surface area contributed by atoms with Crippen molar-refractivity contribution in [3.63, 3.8) is 0 Å². The zero-order valence-corrected chi connectivity index (χ0v) is 13.8. The van der Waals surface area contributed by atoms with E-state index < -0.39 is 0 Å². The number of hydrogen-bond acceptors (Lipinski definition) is 4. The molecule has 128 valence electrons. The number of rotatable bonds is 8. The SMILES string of the molecule is COCCN(CC1CNCC1c1ccc(F)cc1)C(=O)COC. The van der Waals surface area contributed by atoms with Crippen molar-refractivity contribution in [1.82, 2.24) is 10.2 Å². The van der Waals surface area contributed by atoms with E-state index in [0.29, 0.717) is 19.7 Å². The van der Waals surface area contributed by atoms with Gasteiger partial charge in [0.2, 0.25) is 5.91 Å². The van der Waals surface area contributed by atoms with Crippen LogP contribution in [0.15, 0.2) is 24.3 Å². The van der Waals surface area contributed by atoms with Crippen molar-refractivity contribution in [3.05, 3.63) is 35.6 Å². The molecule has 2 unspecified atom stereocenters. The molecule has 1 fully saturated rings. The molecule has 0 radical (unpaired) electrons. The first-order chi connectivity index (χ1) is 11.2. The van der Waals surface area contributed by atoms with E-state index in [1.165, 1.54) is 19.2 Å². The summed E-state index contributed by atoms with van der Waals surface area (Å²) in [6, 6.07) is 6.64. The molecule has 1 aliphatic rings. The summed E-state index contributed by atoms with van der Waals surface area (Å²) in [6.45, 7) is 3.44. The van der Waals surface area contributed by atoms with Crippen molar-refractivity contribution in [2.24, 2.45) is 5.92 Å². The van der Waals surface area contributed by atoms with Crippen LogP contribution in [0.3, 0.4) is 0 Å². The monoisotopic (exact) mass is 324 g/mol. The van der Waals surface area contributed by atoms with Crippen LogP contribution < -0.4 is 5.32 Å². The summed E-state index contributed by atoms with van der Waals surface area (Å²) in [5.74, 6) is 0.302. The number of nitrogens with zero attached hydrogens (tertiary/aromatic N) is 1. The van der Waals surface area contributed by atoms with Gasteiger partial charge < -0.3 is 19.7 Å². The molecule has 5 nitrogen and oxygen atoms in total. The lowest BCUT2D eigenvalue weighted by Gasteiger charge is -2.28. The van der Waals surface area contributed by atoms with Crippen molar-refractivity contribution in [2.45, 2.75) is 5.92 Å². The van der Waals surface area contributed by atoms with E-state index in [9.17, 15) is 9.18 Å². The smallest absolute Gasteiger partial charge is 0.248 e. The van der Waals surface area contributed by atoms with Gasteiger partial charge in [0.15, 0.2) is 0 Å². The minimum atomic E-state index is -0.228. The number of amides is 1. The first-order valence-electron chi connectivity index (χ1n) is 7.87. The van der Waals surface area contributed by atoms with Gasteiger partial charge in [-0.3, -0.25) is 4.79 Å². The third-order valence-electron chi connectivity index (χ3n) is 4.28. The van der Waals surface area contributed by atoms with Crippen LogP contribution >= 0.6 is 0 Å². The van der Waals surface area contributed by atoms with E-state index in [1.807, 2.05) is 12.1 Å². The van der Waals surface area contributed by atoms with Gasteiger partial charge >= 0.3 is 0 Å². The minimum Gasteiger partial charge on any atom is -0.383 e.